The van der Waals surface area contributed by atoms with Crippen molar-refractivity contribution in [1.29, 1.82) is 0 Å². The van der Waals surface area contributed by atoms with Gasteiger partial charge in [-0.2, -0.15) is 0 Å². The molecule has 0 aliphatic carbocycles. The van der Waals surface area contributed by atoms with Gasteiger partial charge < -0.3 is 25.7 Å². The first kappa shape index (κ1) is 20.7. The number of imidazole rings is 1. The fourth-order valence-corrected chi connectivity index (χ4v) is 4.17. The van der Waals surface area contributed by atoms with Gasteiger partial charge in [0.1, 0.15) is 5.82 Å². The zero-order chi connectivity index (χ0) is 22.1. The predicted molar refractivity (Wildman–Crippen MR) is 117 cm³/mol. The van der Waals surface area contributed by atoms with Crippen molar-refractivity contribution in [2.75, 3.05) is 31.1 Å². The zero-order valence-electron chi connectivity index (χ0n) is 17.2. The fraction of sp³-hybridized carbons (Fsp3) is 0.318. The number of carbonyl (C=O) groups is 2. The highest BCUT2D eigenvalue weighted by atomic mass is 16.4. The number of carboxylic acid groups (broad SMARTS) is 1. The van der Waals surface area contributed by atoms with Gasteiger partial charge in [-0.05, 0) is 43.3 Å². The number of primary amides is 1. The molecule has 1 aromatic heterocycles. The molecule has 3 aromatic rings. The third-order valence-corrected chi connectivity index (χ3v) is 5.67. The molecule has 31 heavy (non-hydrogen) atoms. The number of aromatic carboxylic acids is 1. The zero-order valence-corrected chi connectivity index (χ0v) is 17.2. The number of benzene rings is 2. The summed E-state index contributed by atoms with van der Waals surface area (Å²) in [7, 11) is 0. The minimum absolute atomic E-state index is 0.0685. The van der Waals surface area contributed by atoms with Gasteiger partial charge in [-0.1, -0.05) is 6.07 Å². The van der Waals surface area contributed by atoms with E-state index in [9.17, 15) is 19.8 Å². The van der Waals surface area contributed by atoms with Crippen molar-refractivity contribution in [2.45, 2.75) is 19.4 Å². The Hall–Kier alpha value is -3.59. The van der Waals surface area contributed by atoms with Crippen molar-refractivity contribution < 1.29 is 19.8 Å². The molecule has 162 valence electrons. The molecule has 0 radical (unpaired) electrons. The molecule has 1 saturated heterocycles. The molecule has 1 atom stereocenters. The summed E-state index contributed by atoms with van der Waals surface area (Å²) in [6.07, 6.45) is 0.342. The normalized spacial score (nSPS) is 16.6. The van der Waals surface area contributed by atoms with Crippen molar-refractivity contribution in [2.24, 2.45) is 5.73 Å². The predicted octanol–water partition coefficient (Wildman–Crippen LogP) is 1.85. The average molecular weight is 423 g/mol. The molecule has 9 heteroatoms. The maximum absolute atomic E-state index is 11.5. The second-order valence-corrected chi connectivity index (χ2v) is 7.69. The topological polar surface area (TPSA) is 125 Å². The number of aromatic nitrogens is 2. The Balaban J connectivity index is 1.74. The molecule has 1 aliphatic heterocycles. The number of nitrogens with two attached hydrogens (primary N) is 1. The number of aliphatic hydroxyl groups is 1. The van der Waals surface area contributed by atoms with E-state index in [-0.39, 0.29) is 18.2 Å². The van der Waals surface area contributed by atoms with E-state index in [0.717, 1.165) is 16.9 Å². The number of anilines is 1. The van der Waals surface area contributed by atoms with Gasteiger partial charge in [-0.3, -0.25) is 4.57 Å². The van der Waals surface area contributed by atoms with E-state index in [2.05, 4.69) is 16.8 Å². The summed E-state index contributed by atoms with van der Waals surface area (Å²) in [5.41, 5.74) is 8.82. The monoisotopic (exact) mass is 423 g/mol. The van der Waals surface area contributed by atoms with E-state index in [1.807, 2.05) is 28.8 Å². The molecule has 1 unspecified atom stereocenters. The molecule has 0 saturated carbocycles. The van der Waals surface area contributed by atoms with Crippen molar-refractivity contribution in [3.8, 4) is 5.69 Å². The van der Waals surface area contributed by atoms with Gasteiger partial charge in [0.05, 0.1) is 23.2 Å². The van der Waals surface area contributed by atoms with E-state index in [1.54, 1.807) is 23.1 Å². The number of hydrogen-bond acceptors (Lipinski definition) is 5. The Bertz CT molecular complexity index is 1140. The lowest BCUT2D eigenvalue weighted by atomic mass is 10.1. The largest absolute Gasteiger partial charge is 0.478 e. The highest BCUT2D eigenvalue weighted by Gasteiger charge is 2.26. The van der Waals surface area contributed by atoms with E-state index < -0.39 is 12.0 Å². The van der Waals surface area contributed by atoms with Crippen LogP contribution in [0.4, 0.5) is 10.5 Å². The number of fused-ring (bicyclic) bond motifs is 1. The van der Waals surface area contributed by atoms with Crippen LogP contribution in [0.1, 0.15) is 23.1 Å². The number of rotatable bonds is 5. The molecule has 2 aromatic carbocycles. The molecule has 1 fully saturated rings. The molecule has 0 bridgehead atoms. The molecule has 4 rings (SSSR count). The van der Waals surface area contributed by atoms with Gasteiger partial charge in [0.15, 0.2) is 0 Å². The Morgan fingerprint density at radius 3 is 2.61 bits per heavy atom. The van der Waals surface area contributed by atoms with Gasteiger partial charge in [-0.25, -0.2) is 14.6 Å². The van der Waals surface area contributed by atoms with Crippen LogP contribution < -0.4 is 10.6 Å². The molecule has 9 nitrogen and oxygen atoms in total. The average Bonchev–Trinajstić information content (AvgIpc) is 3.11. The first-order chi connectivity index (χ1) is 14.9. The third kappa shape index (κ3) is 3.91. The lowest BCUT2D eigenvalue weighted by Crippen LogP contribution is -2.55. The third-order valence-electron chi connectivity index (χ3n) is 5.67. The smallest absolute Gasteiger partial charge is 0.335 e. The lowest BCUT2D eigenvalue weighted by molar-refractivity contribution is 0.0697. The fourth-order valence-electron chi connectivity index (χ4n) is 4.17. The number of piperazine rings is 1. The summed E-state index contributed by atoms with van der Waals surface area (Å²) in [5.74, 6) is -0.352. The van der Waals surface area contributed by atoms with E-state index >= 15 is 0 Å². The number of hydrogen-bond donors (Lipinski definition) is 3. The molecule has 1 aliphatic rings. The van der Waals surface area contributed by atoms with Crippen LogP contribution in [0, 0.1) is 0 Å². The first-order valence-corrected chi connectivity index (χ1v) is 10.2. The highest BCUT2D eigenvalue weighted by Crippen LogP contribution is 2.28. The van der Waals surface area contributed by atoms with Gasteiger partial charge in [0, 0.05) is 43.5 Å². The number of carboxylic acids is 1. The minimum atomic E-state index is -1.01. The van der Waals surface area contributed by atoms with Gasteiger partial charge in [0.25, 0.3) is 0 Å². The SMILES string of the molecule is CC1CN(C(N)=O)CCN1c1cccc(-n2c(CCO)nc3cc(C(=O)O)ccc32)c1. The molecule has 4 N–H and O–H groups in total. The maximum Gasteiger partial charge on any atom is 0.335 e. The summed E-state index contributed by atoms with van der Waals surface area (Å²) in [5, 5.41) is 18.8. The quantitative estimate of drug-likeness (QED) is 0.575. The van der Waals surface area contributed by atoms with Crippen LogP contribution in [0.5, 0.6) is 0 Å². The molecule has 2 amide bonds. The molecular formula is C22H25N5O4. The van der Waals surface area contributed by atoms with Crippen LogP contribution in [-0.2, 0) is 6.42 Å². The Morgan fingerprint density at radius 2 is 1.94 bits per heavy atom. The second kappa shape index (κ2) is 8.27. The van der Waals surface area contributed by atoms with E-state index in [0.29, 0.717) is 37.4 Å². The summed E-state index contributed by atoms with van der Waals surface area (Å²) in [6.45, 7) is 3.77. The van der Waals surface area contributed by atoms with Crippen LogP contribution in [-0.4, -0.2) is 68.9 Å². The van der Waals surface area contributed by atoms with Crippen LogP contribution in [0.3, 0.4) is 0 Å². The number of aliphatic hydroxyl groups excluding tert-OH is 1. The molecular weight excluding hydrogens is 398 g/mol. The Morgan fingerprint density at radius 1 is 1.16 bits per heavy atom. The molecule has 2 heterocycles. The number of amides is 2. The van der Waals surface area contributed by atoms with Crippen LogP contribution in [0.2, 0.25) is 0 Å². The van der Waals surface area contributed by atoms with Gasteiger partial charge in [0.2, 0.25) is 0 Å². The summed E-state index contributed by atoms with van der Waals surface area (Å²) < 4.78 is 1.95. The van der Waals surface area contributed by atoms with E-state index in [4.69, 9.17) is 5.73 Å². The van der Waals surface area contributed by atoms with Crippen LogP contribution in [0.25, 0.3) is 16.7 Å². The standard InChI is InChI=1S/C22H25N5O4/c1-14-13-25(22(23)31)8-9-26(14)16-3-2-4-17(12-16)27-19-6-5-15(21(29)30)11-18(19)24-20(27)7-10-28/h2-6,11-12,14,28H,7-10,13H2,1H3,(H2,23,31)(H,29,30). The van der Waals surface area contributed by atoms with Crippen LogP contribution in [0.15, 0.2) is 42.5 Å². The van der Waals surface area contributed by atoms with E-state index in [1.165, 1.54) is 0 Å². The molecule has 0 spiro atoms. The number of nitrogens with zero attached hydrogens (tertiary/aromatic N) is 4. The highest BCUT2D eigenvalue weighted by molar-refractivity contribution is 5.93. The van der Waals surface area contributed by atoms with Crippen LogP contribution >= 0.6 is 0 Å². The van der Waals surface area contributed by atoms with Crippen molar-refractivity contribution in [3.63, 3.8) is 0 Å². The summed E-state index contributed by atoms with van der Waals surface area (Å²) in [6, 6.07) is 12.5. The second-order valence-electron chi connectivity index (χ2n) is 7.69. The summed E-state index contributed by atoms with van der Waals surface area (Å²) >= 11 is 0. The Labute approximate surface area is 179 Å². The minimum Gasteiger partial charge on any atom is -0.478 e. The van der Waals surface area contributed by atoms with Crippen molar-refractivity contribution in [1.82, 2.24) is 14.5 Å². The van der Waals surface area contributed by atoms with Crippen molar-refractivity contribution in [3.05, 3.63) is 53.9 Å². The van der Waals surface area contributed by atoms with Crippen molar-refractivity contribution >= 4 is 28.7 Å². The Kier molecular flexibility index (Phi) is 5.51. The lowest BCUT2D eigenvalue weighted by Gasteiger charge is -2.40. The number of urea groups is 1. The first-order valence-electron chi connectivity index (χ1n) is 10.2. The van der Waals surface area contributed by atoms with Gasteiger partial charge in [-0.15, -0.1) is 0 Å². The number of carbonyl (C=O) groups excluding carboxylic acids is 1. The summed E-state index contributed by atoms with van der Waals surface area (Å²) in [4.78, 5) is 31.3. The van der Waals surface area contributed by atoms with Gasteiger partial charge >= 0.3 is 12.0 Å². The maximum atomic E-state index is 11.5.